The monoisotopic (exact) mass is 479 g/mol. The molecule has 4 rings (SSSR count). The van der Waals surface area contributed by atoms with Gasteiger partial charge in [0.2, 0.25) is 0 Å². The fraction of sp³-hybridized carbons (Fsp3) is 0.483. The van der Waals surface area contributed by atoms with Gasteiger partial charge in [0.1, 0.15) is 12.4 Å². The third kappa shape index (κ3) is 7.09. The Labute approximate surface area is 208 Å². The van der Waals surface area contributed by atoms with E-state index in [0.717, 1.165) is 86.5 Å². The van der Waals surface area contributed by atoms with Gasteiger partial charge in [0.05, 0.1) is 12.7 Å². The molecule has 2 aromatic carbocycles. The minimum atomic E-state index is -0.839. The molecule has 0 saturated carbocycles. The summed E-state index contributed by atoms with van der Waals surface area (Å²) < 4.78 is 17.2. The first-order valence-electron chi connectivity index (χ1n) is 12.9. The second-order valence-corrected chi connectivity index (χ2v) is 9.27. The third-order valence-corrected chi connectivity index (χ3v) is 6.62. The first-order chi connectivity index (χ1) is 17.1. The molecule has 188 valence electrons. The van der Waals surface area contributed by atoms with Crippen molar-refractivity contribution in [1.82, 2.24) is 0 Å². The number of anilines is 1. The summed E-state index contributed by atoms with van der Waals surface area (Å²) in [6.45, 7) is 6.55. The van der Waals surface area contributed by atoms with Crippen molar-refractivity contribution in [2.24, 2.45) is 0 Å². The molecule has 0 spiro atoms. The maximum absolute atomic E-state index is 11.8. The third-order valence-electron chi connectivity index (χ3n) is 6.62. The fourth-order valence-corrected chi connectivity index (χ4v) is 4.68. The number of carbonyl (C=O) groups is 1. The lowest BCUT2D eigenvalue weighted by Crippen LogP contribution is -2.34. The predicted molar refractivity (Wildman–Crippen MR) is 139 cm³/mol. The molecule has 0 radical (unpaired) electrons. The lowest BCUT2D eigenvalue weighted by molar-refractivity contribution is -0.132. The number of ether oxygens (including phenoxy) is 3. The molecular formula is C29H37NO5. The van der Waals surface area contributed by atoms with Crippen LogP contribution in [0.4, 0.5) is 5.69 Å². The van der Waals surface area contributed by atoms with E-state index in [9.17, 15) is 9.90 Å². The van der Waals surface area contributed by atoms with Crippen LogP contribution in [0.25, 0.3) is 17.2 Å². The van der Waals surface area contributed by atoms with E-state index in [1.54, 1.807) is 0 Å². The molecule has 0 unspecified atom stereocenters. The zero-order valence-electron chi connectivity index (χ0n) is 20.7. The van der Waals surface area contributed by atoms with Crippen LogP contribution in [0.5, 0.6) is 5.75 Å². The number of hydrogen-bond donors (Lipinski definition) is 1. The van der Waals surface area contributed by atoms with E-state index in [-0.39, 0.29) is 6.10 Å². The molecule has 2 aliphatic rings. The number of unbranched alkanes of at least 4 members (excludes halogenated alkanes) is 1. The number of carboxylic acid groups (broad SMARTS) is 1. The SMILES string of the molecule is CCCCOCCOc1ccc(-c2ccc3c(c2)/C=C(/C(=O)O)CCCN3C[C@H]2CCCO2)cc1. The molecule has 0 aromatic heterocycles. The molecule has 0 aliphatic carbocycles. The molecule has 2 heterocycles. The lowest BCUT2D eigenvalue weighted by atomic mass is 9.96. The van der Waals surface area contributed by atoms with Crippen LogP contribution in [0, 0.1) is 0 Å². The van der Waals surface area contributed by atoms with Gasteiger partial charge in [-0.25, -0.2) is 4.79 Å². The van der Waals surface area contributed by atoms with Gasteiger partial charge in [-0.2, -0.15) is 0 Å². The van der Waals surface area contributed by atoms with Crippen LogP contribution >= 0.6 is 0 Å². The van der Waals surface area contributed by atoms with Crippen molar-refractivity contribution in [3.63, 3.8) is 0 Å². The summed E-state index contributed by atoms with van der Waals surface area (Å²) in [7, 11) is 0. The van der Waals surface area contributed by atoms with Crippen molar-refractivity contribution in [2.75, 3.05) is 44.4 Å². The Bertz CT molecular complexity index is 995. The van der Waals surface area contributed by atoms with Gasteiger partial charge in [-0.3, -0.25) is 0 Å². The smallest absolute Gasteiger partial charge is 0.331 e. The topological polar surface area (TPSA) is 68.2 Å². The average Bonchev–Trinajstić information content (AvgIpc) is 3.37. The number of nitrogens with zero attached hydrogens (tertiary/aromatic N) is 1. The van der Waals surface area contributed by atoms with Crippen molar-refractivity contribution in [3.8, 4) is 16.9 Å². The summed E-state index contributed by atoms with van der Waals surface area (Å²) in [4.78, 5) is 14.2. The second kappa shape index (κ2) is 12.8. The molecular weight excluding hydrogens is 442 g/mol. The summed E-state index contributed by atoms with van der Waals surface area (Å²) >= 11 is 0. The van der Waals surface area contributed by atoms with Gasteiger partial charge in [0.25, 0.3) is 0 Å². The van der Waals surface area contributed by atoms with Crippen molar-refractivity contribution in [3.05, 3.63) is 53.6 Å². The maximum atomic E-state index is 11.8. The van der Waals surface area contributed by atoms with Crippen LogP contribution in [-0.4, -0.2) is 56.7 Å². The zero-order chi connectivity index (χ0) is 24.5. The minimum absolute atomic E-state index is 0.245. The lowest BCUT2D eigenvalue weighted by Gasteiger charge is -2.30. The number of fused-ring (bicyclic) bond motifs is 1. The summed E-state index contributed by atoms with van der Waals surface area (Å²) in [6, 6.07) is 14.4. The molecule has 1 atom stereocenters. The fourth-order valence-electron chi connectivity index (χ4n) is 4.68. The highest BCUT2D eigenvalue weighted by molar-refractivity contribution is 5.94. The van der Waals surface area contributed by atoms with Crippen LogP contribution in [0.3, 0.4) is 0 Å². The Hall–Kier alpha value is -2.83. The number of benzene rings is 2. The number of hydrogen-bond acceptors (Lipinski definition) is 5. The molecule has 35 heavy (non-hydrogen) atoms. The van der Waals surface area contributed by atoms with E-state index in [1.807, 2.05) is 30.3 Å². The van der Waals surface area contributed by atoms with E-state index >= 15 is 0 Å². The van der Waals surface area contributed by atoms with E-state index in [1.165, 1.54) is 0 Å². The van der Waals surface area contributed by atoms with Crippen molar-refractivity contribution in [2.45, 2.75) is 51.6 Å². The highest BCUT2D eigenvalue weighted by atomic mass is 16.5. The molecule has 6 nitrogen and oxygen atoms in total. The minimum Gasteiger partial charge on any atom is -0.491 e. The average molecular weight is 480 g/mol. The summed E-state index contributed by atoms with van der Waals surface area (Å²) in [5.74, 6) is -0.0241. The maximum Gasteiger partial charge on any atom is 0.331 e. The van der Waals surface area contributed by atoms with Crippen LogP contribution < -0.4 is 9.64 Å². The van der Waals surface area contributed by atoms with Crippen LogP contribution in [0.2, 0.25) is 0 Å². The Morgan fingerprint density at radius 2 is 1.91 bits per heavy atom. The van der Waals surface area contributed by atoms with Crippen LogP contribution in [-0.2, 0) is 14.3 Å². The van der Waals surface area contributed by atoms with Gasteiger partial charge >= 0.3 is 5.97 Å². The Morgan fingerprint density at radius 3 is 2.66 bits per heavy atom. The van der Waals surface area contributed by atoms with E-state index in [4.69, 9.17) is 14.2 Å². The van der Waals surface area contributed by atoms with Crippen molar-refractivity contribution < 1.29 is 24.1 Å². The predicted octanol–water partition coefficient (Wildman–Crippen LogP) is 5.80. The Kier molecular flexibility index (Phi) is 9.21. The normalized spacial score (nSPS) is 19.4. The van der Waals surface area contributed by atoms with Gasteiger partial charge in [-0.05, 0) is 79.1 Å². The van der Waals surface area contributed by atoms with E-state index in [2.05, 4.69) is 30.0 Å². The van der Waals surface area contributed by atoms with Gasteiger partial charge in [-0.15, -0.1) is 0 Å². The number of aliphatic carboxylic acids is 1. The number of carboxylic acids is 1. The standard InChI is InChI=1S/C29H37NO5/c1-2-3-15-33-17-18-35-26-11-8-22(9-12-26)23-10-13-28-25(19-23)20-24(29(31)32)6-4-14-30(28)21-27-7-5-16-34-27/h8-13,19-20,27H,2-7,14-18,21H2,1H3,(H,31,32)/b24-20+/t27-/m1/s1. The summed E-state index contributed by atoms with van der Waals surface area (Å²) in [5, 5.41) is 9.70. The molecule has 1 N–H and O–H groups in total. The largest absolute Gasteiger partial charge is 0.491 e. The van der Waals surface area contributed by atoms with Crippen molar-refractivity contribution in [1.29, 1.82) is 0 Å². The Morgan fingerprint density at radius 1 is 1.09 bits per heavy atom. The first-order valence-corrected chi connectivity index (χ1v) is 12.9. The van der Waals surface area contributed by atoms with E-state index in [0.29, 0.717) is 25.2 Å². The molecule has 2 aliphatic heterocycles. The summed E-state index contributed by atoms with van der Waals surface area (Å²) in [6.07, 6.45) is 7.87. The number of rotatable bonds is 11. The summed E-state index contributed by atoms with van der Waals surface area (Å²) in [5.41, 5.74) is 4.60. The quantitative estimate of drug-likeness (QED) is 0.411. The van der Waals surface area contributed by atoms with Crippen LogP contribution in [0.15, 0.2) is 48.0 Å². The Balaban J connectivity index is 1.50. The zero-order valence-corrected chi connectivity index (χ0v) is 20.7. The van der Waals surface area contributed by atoms with Gasteiger partial charge in [0, 0.05) is 37.6 Å². The first kappa shape index (κ1) is 25.3. The van der Waals surface area contributed by atoms with Gasteiger partial charge < -0.3 is 24.2 Å². The van der Waals surface area contributed by atoms with Crippen LogP contribution in [0.1, 0.15) is 51.0 Å². The second-order valence-electron chi connectivity index (χ2n) is 9.27. The molecule has 2 aromatic rings. The van der Waals surface area contributed by atoms with Gasteiger partial charge in [0.15, 0.2) is 0 Å². The van der Waals surface area contributed by atoms with Crippen molar-refractivity contribution >= 4 is 17.7 Å². The molecule has 6 heteroatoms. The molecule has 1 saturated heterocycles. The van der Waals surface area contributed by atoms with E-state index < -0.39 is 5.97 Å². The highest BCUT2D eigenvalue weighted by Gasteiger charge is 2.23. The molecule has 1 fully saturated rings. The van der Waals surface area contributed by atoms with Gasteiger partial charge in [-0.1, -0.05) is 31.5 Å². The molecule has 0 bridgehead atoms. The molecule has 0 amide bonds. The highest BCUT2D eigenvalue weighted by Crippen LogP contribution is 2.33.